The summed E-state index contributed by atoms with van der Waals surface area (Å²) >= 11 is 0. The highest BCUT2D eigenvalue weighted by Crippen LogP contribution is 2.69. The minimum atomic E-state index is -1.45. The Hall–Kier alpha value is -1.08. The van der Waals surface area contributed by atoms with Gasteiger partial charge in [-0.1, -0.05) is 52.8 Å². The third kappa shape index (κ3) is 7.11. The van der Waals surface area contributed by atoms with Crippen LogP contribution in [0.5, 0.6) is 0 Å². The van der Waals surface area contributed by atoms with E-state index in [4.69, 9.17) is 23.7 Å². The first-order chi connectivity index (χ1) is 24.9. The van der Waals surface area contributed by atoms with Gasteiger partial charge in [-0.15, -0.1) is 0 Å². The summed E-state index contributed by atoms with van der Waals surface area (Å²) in [5.74, 6) is -1.53. The van der Waals surface area contributed by atoms with Crippen LogP contribution < -0.4 is 0 Å². The first-order valence-corrected chi connectivity index (χ1v) is 19.5. The Morgan fingerprint density at radius 3 is 2.26 bits per heavy atom. The highest BCUT2D eigenvalue weighted by Gasteiger charge is 2.72. The van der Waals surface area contributed by atoms with Crippen molar-refractivity contribution in [2.24, 2.45) is 46.3 Å². The van der Waals surface area contributed by atoms with E-state index >= 15 is 0 Å². The number of allylic oxidation sites excluding steroid dienone is 1. The Kier molecular flexibility index (Phi) is 12.3. The van der Waals surface area contributed by atoms with Crippen LogP contribution in [0.3, 0.4) is 0 Å². The molecule has 0 aromatic heterocycles. The van der Waals surface area contributed by atoms with E-state index < -0.39 is 103 Å². The lowest BCUT2D eigenvalue weighted by molar-refractivity contribution is -0.285. The standard InChI is InChI=1S/C39H64O14/c1-18(2)20(16-50-35-32(47)29(44)25(15-40)53-35)8-7-19(3)27-30(45)31(46)34-38(27,5)12-10-26-37(4)11-9-21(13-22(37)23(41)14-39(26,34)48)52-36-33(49-6)28(43)24(42)17-51-36/h7-8,13,18-21,23-36,40-48H,9-12,14-17H2,1-6H3/b8-7+/t19-,20+,21-,23+,24+,25-,26+,27-,28-,29-,30+,31-,32-,33+,34+,35+,36-,37-,38+,39-/m0/s1. The van der Waals surface area contributed by atoms with Gasteiger partial charge in [0.1, 0.15) is 36.6 Å². The van der Waals surface area contributed by atoms with Crippen molar-refractivity contribution in [2.45, 2.75) is 146 Å². The lowest BCUT2D eigenvalue weighted by atomic mass is 9.43. The largest absolute Gasteiger partial charge is 0.394 e. The minimum absolute atomic E-state index is 0.00596. The van der Waals surface area contributed by atoms with Gasteiger partial charge in [0.25, 0.3) is 0 Å². The van der Waals surface area contributed by atoms with Gasteiger partial charge in [0.15, 0.2) is 12.6 Å². The molecule has 3 saturated carbocycles. The van der Waals surface area contributed by atoms with E-state index in [0.29, 0.717) is 25.7 Å². The summed E-state index contributed by atoms with van der Waals surface area (Å²) in [7, 11) is 1.42. The monoisotopic (exact) mass is 756 g/mol. The SMILES string of the molecule is CO[C@H]1[C@H](O[C@@H]2C=C3[C@H](O)C[C@@]4(O)[C@@H]5[C@@H](O)[C@H](O)[C@H]([C@@H](C)/C=C/[C@H](CO[C@@H]6O[C@@H](CO)[C@H](O)[C@@H]6O)C(C)C)[C@@]5(C)CC[C@@H]4[C@@]3(C)CC2)OC[C@@H](O)[C@@H]1O. The van der Waals surface area contributed by atoms with E-state index in [0.717, 1.165) is 5.57 Å². The Balaban J connectivity index is 1.17. The van der Waals surface area contributed by atoms with Crippen LogP contribution in [0.1, 0.15) is 66.7 Å². The van der Waals surface area contributed by atoms with E-state index in [1.807, 2.05) is 39.0 Å². The van der Waals surface area contributed by atoms with Crippen LogP contribution in [-0.2, 0) is 23.7 Å². The summed E-state index contributed by atoms with van der Waals surface area (Å²) in [5.41, 5.74) is -1.92. The molecule has 0 aromatic rings. The Bertz CT molecular complexity index is 1330. The van der Waals surface area contributed by atoms with Crippen molar-refractivity contribution in [3.8, 4) is 0 Å². The quantitative estimate of drug-likeness (QED) is 0.127. The van der Waals surface area contributed by atoms with Crippen LogP contribution in [-0.4, -0.2) is 152 Å². The van der Waals surface area contributed by atoms with Gasteiger partial charge in [-0.3, -0.25) is 0 Å². The normalized spacial score (nSPS) is 51.2. The summed E-state index contributed by atoms with van der Waals surface area (Å²) in [6.45, 7) is 9.86. The molecule has 2 saturated heterocycles. The molecule has 14 nitrogen and oxygen atoms in total. The number of hydrogen-bond acceptors (Lipinski definition) is 14. The second-order valence-electron chi connectivity index (χ2n) is 17.7. The summed E-state index contributed by atoms with van der Waals surface area (Å²) < 4.78 is 28.6. The van der Waals surface area contributed by atoms with Crippen molar-refractivity contribution in [2.75, 3.05) is 26.9 Å². The number of aliphatic hydroxyl groups excluding tert-OH is 8. The predicted molar refractivity (Wildman–Crippen MR) is 189 cm³/mol. The van der Waals surface area contributed by atoms with Crippen molar-refractivity contribution in [3.63, 3.8) is 0 Å². The summed E-state index contributed by atoms with van der Waals surface area (Å²) in [6.07, 6.45) is -3.95. The fourth-order valence-electron chi connectivity index (χ4n) is 11.4. The number of rotatable bonds is 11. The summed E-state index contributed by atoms with van der Waals surface area (Å²) in [4.78, 5) is 0. The smallest absolute Gasteiger partial charge is 0.187 e. The molecule has 2 aliphatic heterocycles. The Labute approximate surface area is 312 Å². The molecule has 5 fully saturated rings. The average molecular weight is 757 g/mol. The van der Waals surface area contributed by atoms with Gasteiger partial charge in [0.2, 0.25) is 0 Å². The topological polar surface area (TPSA) is 228 Å². The molecule has 0 amide bonds. The van der Waals surface area contributed by atoms with Crippen LogP contribution >= 0.6 is 0 Å². The third-order valence-corrected chi connectivity index (χ3v) is 14.3. The van der Waals surface area contributed by atoms with Crippen molar-refractivity contribution >= 4 is 0 Å². The highest BCUT2D eigenvalue weighted by atomic mass is 16.7. The lowest BCUT2D eigenvalue weighted by Gasteiger charge is -2.63. The second-order valence-corrected chi connectivity index (χ2v) is 17.7. The van der Waals surface area contributed by atoms with Crippen LogP contribution in [0.2, 0.25) is 0 Å². The molecule has 6 rings (SSSR count). The van der Waals surface area contributed by atoms with Gasteiger partial charge in [-0.2, -0.15) is 0 Å². The van der Waals surface area contributed by atoms with Gasteiger partial charge in [-0.05, 0) is 65.8 Å². The first kappa shape index (κ1) is 41.6. The van der Waals surface area contributed by atoms with Gasteiger partial charge >= 0.3 is 0 Å². The average Bonchev–Trinajstić information content (AvgIpc) is 3.49. The van der Waals surface area contributed by atoms with E-state index in [1.54, 1.807) is 0 Å². The van der Waals surface area contributed by atoms with Crippen molar-refractivity contribution in [3.05, 3.63) is 23.8 Å². The number of ether oxygens (including phenoxy) is 5. The predicted octanol–water partition coefficient (Wildman–Crippen LogP) is -0.00890. The molecular weight excluding hydrogens is 692 g/mol. The number of fused-ring (bicyclic) bond motifs is 5. The number of hydrogen-bond donors (Lipinski definition) is 9. The van der Waals surface area contributed by atoms with Crippen molar-refractivity contribution in [1.82, 2.24) is 0 Å². The fourth-order valence-corrected chi connectivity index (χ4v) is 11.4. The van der Waals surface area contributed by atoms with Gasteiger partial charge < -0.3 is 69.6 Å². The molecule has 53 heavy (non-hydrogen) atoms. The lowest BCUT2D eigenvalue weighted by Crippen LogP contribution is -2.66. The van der Waals surface area contributed by atoms with Crippen LogP contribution in [0.15, 0.2) is 23.8 Å². The molecule has 304 valence electrons. The van der Waals surface area contributed by atoms with Gasteiger partial charge in [-0.25, -0.2) is 0 Å². The van der Waals surface area contributed by atoms with Gasteiger partial charge in [0.05, 0.1) is 49.8 Å². The van der Waals surface area contributed by atoms with Crippen LogP contribution in [0.4, 0.5) is 0 Å². The van der Waals surface area contributed by atoms with E-state index in [1.165, 1.54) is 7.11 Å². The number of aliphatic hydroxyl groups is 9. The highest BCUT2D eigenvalue weighted by molar-refractivity contribution is 5.33. The molecule has 9 N–H and O–H groups in total. The molecule has 0 radical (unpaired) electrons. The molecule has 0 unspecified atom stereocenters. The molecule has 20 atom stereocenters. The Morgan fingerprint density at radius 2 is 1.62 bits per heavy atom. The zero-order chi connectivity index (χ0) is 38.8. The molecule has 0 spiro atoms. The summed E-state index contributed by atoms with van der Waals surface area (Å²) in [5, 5.41) is 98.4. The van der Waals surface area contributed by atoms with Crippen molar-refractivity contribution < 1.29 is 69.6 Å². The summed E-state index contributed by atoms with van der Waals surface area (Å²) in [6, 6.07) is 0. The van der Waals surface area contributed by atoms with E-state index in [9.17, 15) is 46.0 Å². The molecule has 0 bridgehead atoms. The molecular formula is C39H64O14. The first-order valence-electron chi connectivity index (χ1n) is 19.5. The molecule has 0 aromatic carbocycles. The number of methoxy groups -OCH3 is 1. The maximum absolute atomic E-state index is 12.8. The van der Waals surface area contributed by atoms with Crippen LogP contribution in [0, 0.1) is 46.3 Å². The van der Waals surface area contributed by atoms with Gasteiger partial charge in [0, 0.05) is 25.4 Å². The van der Waals surface area contributed by atoms with Crippen molar-refractivity contribution in [1.29, 1.82) is 0 Å². The maximum atomic E-state index is 12.8. The van der Waals surface area contributed by atoms with E-state index in [2.05, 4.69) is 13.8 Å². The fraction of sp³-hybridized carbons (Fsp3) is 0.897. The Morgan fingerprint density at radius 1 is 0.906 bits per heavy atom. The van der Waals surface area contributed by atoms with E-state index in [-0.39, 0.29) is 49.2 Å². The minimum Gasteiger partial charge on any atom is -0.394 e. The zero-order valence-corrected chi connectivity index (χ0v) is 31.8. The molecule has 4 aliphatic carbocycles. The second kappa shape index (κ2) is 15.7. The molecule has 2 heterocycles. The maximum Gasteiger partial charge on any atom is 0.187 e. The van der Waals surface area contributed by atoms with Crippen LogP contribution in [0.25, 0.3) is 0 Å². The molecule has 14 heteroatoms. The third-order valence-electron chi connectivity index (χ3n) is 14.3. The zero-order valence-electron chi connectivity index (χ0n) is 31.8. The molecule has 6 aliphatic rings.